The summed E-state index contributed by atoms with van der Waals surface area (Å²) in [6.45, 7) is 0. The van der Waals surface area contributed by atoms with Crippen LogP contribution in [-0.4, -0.2) is 22.9 Å². The molecule has 0 aromatic rings. The summed E-state index contributed by atoms with van der Waals surface area (Å²) in [6.07, 6.45) is 15.9. The van der Waals surface area contributed by atoms with Gasteiger partial charge in [0, 0.05) is 0 Å². The summed E-state index contributed by atoms with van der Waals surface area (Å²) in [5.41, 5.74) is 0. The van der Waals surface area contributed by atoms with Gasteiger partial charge in [-0.1, -0.05) is 0 Å². The van der Waals surface area contributed by atoms with E-state index in [0.29, 0.717) is 0 Å². The van der Waals surface area contributed by atoms with Gasteiger partial charge in [-0.15, -0.1) is 0 Å². The van der Waals surface area contributed by atoms with Gasteiger partial charge in [-0.25, -0.2) is 0 Å². The Bertz CT molecular complexity index is 121. The topological polar surface area (TPSA) is 0 Å². The zero-order valence-electron chi connectivity index (χ0n) is 9.80. The summed E-state index contributed by atoms with van der Waals surface area (Å²) in [6, 6.07) is 0. The molecule has 13 heavy (non-hydrogen) atoms. The van der Waals surface area contributed by atoms with E-state index in [9.17, 15) is 0 Å². The molecular formula is C12H23In-. The van der Waals surface area contributed by atoms with Crippen LogP contribution >= 0.6 is 0 Å². The molecule has 0 aromatic carbocycles. The third-order valence-electron chi connectivity index (χ3n) is 3.84. The van der Waals surface area contributed by atoms with Gasteiger partial charge < -0.3 is 1.43 Å². The third kappa shape index (κ3) is 3.49. The number of hydrogen-bond acceptors (Lipinski definition) is 0. The quantitative estimate of drug-likeness (QED) is 0.708. The van der Waals surface area contributed by atoms with E-state index >= 15 is 0 Å². The molecule has 0 N–H and O–H groups in total. The van der Waals surface area contributed by atoms with Gasteiger partial charge in [0.25, 0.3) is 0 Å². The van der Waals surface area contributed by atoms with Crippen molar-refractivity contribution >= 4 is 22.9 Å². The summed E-state index contributed by atoms with van der Waals surface area (Å²) in [4.78, 5) is 0. The van der Waals surface area contributed by atoms with Crippen LogP contribution < -0.4 is 0 Å². The third-order valence-corrected chi connectivity index (χ3v) is 10.8. The molecule has 2 rings (SSSR count). The van der Waals surface area contributed by atoms with Crippen LogP contribution in [0.3, 0.4) is 0 Å². The monoisotopic (exact) mass is 282 g/mol. The fraction of sp³-hybridized carbons (Fsp3) is 1.00. The Morgan fingerprint density at radius 1 is 0.615 bits per heavy atom. The van der Waals surface area contributed by atoms with Crippen LogP contribution in [-0.2, 0) is 0 Å². The Hall–Kier alpha value is 0.870. The summed E-state index contributed by atoms with van der Waals surface area (Å²) in [5, 5.41) is 0. The van der Waals surface area contributed by atoms with Crippen molar-refractivity contribution in [1.82, 2.24) is 0 Å². The molecule has 1 radical (unpaired) electrons. The van der Waals surface area contributed by atoms with Crippen LogP contribution in [0, 0.1) is 0 Å². The van der Waals surface area contributed by atoms with Crippen molar-refractivity contribution in [2.24, 2.45) is 0 Å². The van der Waals surface area contributed by atoms with Gasteiger partial charge in [-0.05, 0) is 0 Å². The Balaban J connectivity index is 0.000000980. The minimum atomic E-state index is -0.145. The molecule has 0 bridgehead atoms. The van der Waals surface area contributed by atoms with E-state index in [0.717, 1.165) is 0 Å². The van der Waals surface area contributed by atoms with Crippen LogP contribution in [0.4, 0.5) is 0 Å². The zero-order valence-corrected chi connectivity index (χ0v) is 12.1. The van der Waals surface area contributed by atoms with Crippen LogP contribution in [0.5, 0.6) is 0 Å². The molecule has 0 nitrogen and oxygen atoms in total. The van der Waals surface area contributed by atoms with Gasteiger partial charge in [0.2, 0.25) is 0 Å². The first-order valence-electron chi connectivity index (χ1n) is 6.30. The first-order valence-corrected chi connectivity index (χ1v) is 10.1. The van der Waals surface area contributed by atoms with Crippen LogP contribution in [0.2, 0.25) is 7.35 Å². The molecule has 2 aliphatic rings. The van der Waals surface area contributed by atoms with Gasteiger partial charge in [-0.3, -0.25) is 0 Å². The molecule has 0 atom stereocenters. The summed E-state index contributed by atoms with van der Waals surface area (Å²) in [7, 11) is 0. The van der Waals surface area contributed by atoms with Crippen molar-refractivity contribution in [3.63, 3.8) is 0 Å². The maximum absolute atomic E-state index is 1.64. The molecule has 0 spiro atoms. The van der Waals surface area contributed by atoms with E-state index in [1.165, 1.54) is 7.35 Å². The maximum atomic E-state index is 1.64. The smallest absolute Gasteiger partial charge is 1.00 e. The van der Waals surface area contributed by atoms with Crippen molar-refractivity contribution in [3.8, 4) is 0 Å². The Kier molecular flexibility index (Phi) is 4.54. The first kappa shape index (κ1) is 10.4. The summed E-state index contributed by atoms with van der Waals surface area (Å²) < 4.78 is 2.62. The Morgan fingerprint density at radius 2 is 1.00 bits per heavy atom. The molecule has 0 aliphatic heterocycles. The molecule has 0 unspecified atom stereocenters. The molecule has 0 heterocycles. The van der Waals surface area contributed by atoms with Crippen molar-refractivity contribution in [1.29, 1.82) is 0 Å². The molecule has 0 aromatic heterocycles. The van der Waals surface area contributed by atoms with Crippen molar-refractivity contribution in [2.75, 3.05) is 0 Å². The minimum absolute atomic E-state index is 0. The van der Waals surface area contributed by atoms with E-state index in [1.807, 2.05) is 0 Å². The minimum Gasteiger partial charge on any atom is -1.00 e. The van der Waals surface area contributed by atoms with Crippen molar-refractivity contribution in [2.45, 2.75) is 71.6 Å². The van der Waals surface area contributed by atoms with Gasteiger partial charge in [0.05, 0.1) is 0 Å². The second kappa shape index (κ2) is 5.68. The zero-order chi connectivity index (χ0) is 8.93. The predicted molar refractivity (Wildman–Crippen MR) is 60.5 cm³/mol. The fourth-order valence-electron chi connectivity index (χ4n) is 3.04. The molecule has 75 valence electrons. The standard InChI is InChI=1S/2C6H11.In.H/c2*1-2-4-6-5-3-1;;/h2*1H,2-6H2;;/q;;;-1. The average Bonchev–Trinajstić information content (AvgIpc) is 2.21. The van der Waals surface area contributed by atoms with Crippen LogP contribution in [0.15, 0.2) is 0 Å². The molecule has 2 aliphatic carbocycles. The SMILES string of the molecule is C1CC[CH]([In][CH]2CCCCC2)CC1.[H-]. The van der Waals surface area contributed by atoms with Gasteiger partial charge in [-0.2, -0.15) is 0 Å². The second-order valence-electron chi connectivity index (χ2n) is 4.99. The number of hydrogen-bond donors (Lipinski definition) is 0. The van der Waals surface area contributed by atoms with E-state index in [1.54, 1.807) is 64.2 Å². The predicted octanol–water partition coefficient (Wildman–Crippen LogP) is 4.31. The van der Waals surface area contributed by atoms with Gasteiger partial charge >= 0.3 is 94.5 Å². The van der Waals surface area contributed by atoms with Crippen molar-refractivity contribution in [3.05, 3.63) is 0 Å². The van der Waals surface area contributed by atoms with E-state index < -0.39 is 0 Å². The summed E-state index contributed by atoms with van der Waals surface area (Å²) >= 11 is -0.145. The fourth-order valence-corrected chi connectivity index (χ4v) is 10.1. The molecular weight excluding hydrogens is 259 g/mol. The van der Waals surface area contributed by atoms with Crippen LogP contribution in [0.25, 0.3) is 0 Å². The first-order chi connectivity index (χ1) is 6.45. The van der Waals surface area contributed by atoms with Gasteiger partial charge in [0.1, 0.15) is 0 Å². The van der Waals surface area contributed by atoms with E-state index in [4.69, 9.17) is 0 Å². The second-order valence-corrected chi connectivity index (χ2v) is 11.5. The van der Waals surface area contributed by atoms with E-state index in [-0.39, 0.29) is 24.3 Å². The maximum Gasteiger partial charge on any atom is -1.00 e. The molecule has 2 saturated carbocycles. The molecule has 1 heteroatoms. The van der Waals surface area contributed by atoms with Crippen molar-refractivity contribution < 1.29 is 1.43 Å². The molecule has 2 fully saturated rings. The average molecular weight is 282 g/mol. The molecule has 0 saturated heterocycles. The Morgan fingerprint density at radius 3 is 1.38 bits per heavy atom. The molecule has 0 amide bonds. The van der Waals surface area contributed by atoms with E-state index in [2.05, 4.69) is 0 Å². The van der Waals surface area contributed by atoms with Crippen LogP contribution in [0.1, 0.15) is 65.6 Å². The van der Waals surface area contributed by atoms with Gasteiger partial charge in [0.15, 0.2) is 0 Å². The largest absolute Gasteiger partial charge is 1.00 e. The number of rotatable bonds is 2. The summed E-state index contributed by atoms with van der Waals surface area (Å²) in [5.74, 6) is 0. The normalized spacial score (nSPS) is 27.4. The Labute approximate surface area is 95.7 Å².